The minimum absolute atomic E-state index is 0.609. The van der Waals surface area contributed by atoms with Gasteiger partial charge in [-0.2, -0.15) is 0 Å². The Bertz CT molecular complexity index is 471. The molecule has 0 bridgehead atoms. The van der Waals surface area contributed by atoms with Gasteiger partial charge < -0.3 is 10.5 Å². The summed E-state index contributed by atoms with van der Waals surface area (Å²) in [6.07, 6.45) is 0. The fourth-order valence-corrected chi connectivity index (χ4v) is 1.41. The topological polar surface area (TPSA) is 35.2 Å². The zero-order valence-electron chi connectivity index (χ0n) is 7.98. The van der Waals surface area contributed by atoms with E-state index in [1.54, 1.807) is 18.2 Å². The Balaban J connectivity index is 2.26. The van der Waals surface area contributed by atoms with Crippen LogP contribution in [-0.4, -0.2) is 0 Å². The lowest BCUT2D eigenvalue weighted by Crippen LogP contribution is -1.90. The van der Waals surface area contributed by atoms with Crippen LogP contribution in [0.2, 0.25) is 5.02 Å². The molecule has 0 aliphatic rings. The standard InChI is InChI=1S/C12H10ClNO/c13-9-4-3-5-10(8-9)15-12-7-2-1-6-11(12)14/h1-8H,14H2. The van der Waals surface area contributed by atoms with Crippen LogP contribution in [0.15, 0.2) is 48.5 Å². The van der Waals surface area contributed by atoms with Crippen molar-refractivity contribution in [2.24, 2.45) is 0 Å². The number of para-hydroxylation sites is 2. The number of ether oxygens (including phenoxy) is 1. The van der Waals surface area contributed by atoms with Gasteiger partial charge in [-0.3, -0.25) is 0 Å². The van der Waals surface area contributed by atoms with E-state index in [9.17, 15) is 0 Å². The van der Waals surface area contributed by atoms with Gasteiger partial charge in [0.2, 0.25) is 0 Å². The van der Waals surface area contributed by atoms with Crippen molar-refractivity contribution in [3.63, 3.8) is 0 Å². The molecular weight excluding hydrogens is 210 g/mol. The van der Waals surface area contributed by atoms with Crippen molar-refractivity contribution >= 4 is 17.3 Å². The monoisotopic (exact) mass is 219 g/mol. The van der Waals surface area contributed by atoms with Crippen LogP contribution < -0.4 is 10.5 Å². The molecular formula is C12H10ClNO. The van der Waals surface area contributed by atoms with E-state index in [0.717, 1.165) is 0 Å². The molecule has 0 radical (unpaired) electrons. The van der Waals surface area contributed by atoms with Crippen LogP contribution in [0.4, 0.5) is 5.69 Å². The van der Waals surface area contributed by atoms with E-state index >= 15 is 0 Å². The summed E-state index contributed by atoms with van der Waals surface area (Å²) in [6, 6.07) is 14.5. The highest BCUT2D eigenvalue weighted by Crippen LogP contribution is 2.28. The van der Waals surface area contributed by atoms with E-state index in [-0.39, 0.29) is 0 Å². The van der Waals surface area contributed by atoms with E-state index < -0.39 is 0 Å². The summed E-state index contributed by atoms with van der Waals surface area (Å²) in [5.74, 6) is 1.32. The first-order chi connectivity index (χ1) is 7.25. The quantitative estimate of drug-likeness (QED) is 0.782. The molecule has 2 N–H and O–H groups in total. The third kappa shape index (κ3) is 2.42. The maximum Gasteiger partial charge on any atom is 0.150 e. The maximum absolute atomic E-state index is 5.84. The van der Waals surface area contributed by atoms with Gasteiger partial charge in [-0.15, -0.1) is 0 Å². The molecule has 76 valence electrons. The molecule has 0 saturated heterocycles. The molecule has 0 saturated carbocycles. The predicted molar refractivity (Wildman–Crippen MR) is 62.4 cm³/mol. The molecule has 2 aromatic rings. The highest BCUT2D eigenvalue weighted by molar-refractivity contribution is 6.30. The van der Waals surface area contributed by atoms with Crippen LogP contribution >= 0.6 is 11.6 Å². The number of hydrogen-bond donors (Lipinski definition) is 1. The van der Waals surface area contributed by atoms with Crippen LogP contribution in [-0.2, 0) is 0 Å². The van der Waals surface area contributed by atoms with Gasteiger partial charge in [0.1, 0.15) is 11.5 Å². The van der Waals surface area contributed by atoms with Gasteiger partial charge in [0.05, 0.1) is 5.69 Å². The lowest BCUT2D eigenvalue weighted by Gasteiger charge is -2.07. The van der Waals surface area contributed by atoms with E-state index in [0.29, 0.717) is 22.2 Å². The second-order valence-corrected chi connectivity index (χ2v) is 3.53. The third-order valence-electron chi connectivity index (χ3n) is 1.94. The van der Waals surface area contributed by atoms with E-state index in [2.05, 4.69) is 0 Å². The van der Waals surface area contributed by atoms with Gasteiger partial charge in [0.15, 0.2) is 0 Å². The highest BCUT2D eigenvalue weighted by atomic mass is 35.5. The van der Waals surface area contributed by atoms with Gasteiger partial charge in [0, 0.05) is 5.02 Å². The molecule has 2 rings (SSSR count). The molecule has 0 aliphatic carbocycles. The molecule has 0 unspecified atom stereocenters. The van der Waals surface area contributed by atoms with Crippen molar-refractivity contribution in [1.82, 2.24) is 0 Å². The molecule has 3 heteroatoms. The summed E-state index contributed by atoms with van der Waals surface area (Å²) in [6.45, 7) is 0. The summed E-state index contributed by atoms with van der Waals surface area (Å²) in [7, 11) is 0. The van der Waals surface area contributed by atoms with Crippen LogP contribution in [0.1, 0.15) is 0 Å². The first-order valence-electron chi connectivity index (χ1n) is 4.53. The Morgan fingerprint density at radius 1 is 1.00 bits per heavy atom. The first kappa shape index (κ1) is 9.87. The van der Waals surface area contributed by atoms with Crippen molar-refractivity contribution in [1.29, 1.82) is 0 Å². The Labute approximate surface area is 93.2 Å². The average molecular weight is 220 g/mol. The molecule has 0 aliphatic heterocycles. The Kier molecular flexibility index (Phi) is 2.79. The number of hydrogen-bond acceptors (Lipinski definition) is 2. The van der Waals surface area contributed by atoms with Crippen molar-refractivity contribution in [2.45, 2.75) is 0 Å². The summed E-state index contributed by atoms with van der Waals surface area (Å²) >= 11 is 5.84. The van der Waals surface area contributed by atoms with Crippen LogP contribution in [0.5, 0.6) is 11.5 Å². The third-order valence-corrected chi connectivity index (χ3v) is 2.18. The van der Waals surface area contributed by atoms with E-state index in [4.69, 9.17) is 22.1 Å². The van der Waals surface area contributed by atoms with Crippen molar-refractivity contribution in [2.75, 3.05) is 5.73 Å². The number of nitrogens with two attached hydrogens (primary N) is 1. The van der Waals surface area contributed by atoms with Crippen LogP contribution in [0.25, 0.3) is 0 Å². The summed E-state index contributed by atoms with van der Waals surface area (Å²) in [4.78, 5) is 0. The summed E-state index contributed by atoms with van der Waals surface area (Å²) in [5, 5.41) is 0.641. The van der Waals surface area contributed by atoms with Crippen LogP contribution in [0, 0.1) is 0 Å². The molecule has 15 heavy (non-hydrogen) atoms. The first-order valence-corrected chi connectivity index (χ1v) is 4.91. The van der Waals surface area contributed by atoms with E-state index in [1.165, 1.54) is 0 Å². The minimum atomic E-state index is 0.609. The zero-order valence-corrected chi connectivity index (χ0v) is 8.74. The largest absolute Gasteiger partial charge is 0.455 e. The summed E-state index contributed by atoms with van der Waals surface area (Å²) in [5.41, 5.74) is 6.36. The molecule has 0 aromatic heterocycles. The van der Waals surface area contributed by atoms with Gasteiger partial charge in [-0.1, -0.05) is 29.8 Å². The fraction of sp³-hybridized carbons (Fsp3) is 0. The molecule has 0 amide bonds. The second-order valence-electron chi connectivity index (χ2n) is 3.10. The van der Waals surface area contributed by atoms with Crippen molar-refractivity contribution in [3.05, 3.63) is 53.6 Å². The van der Waals surface area contributed by atoms with E-state index in [1.807, 2.05) is 30.3 Å². The second kappa shape index (κ2) is 4.24. The van der Waals surface area contributed by atoms with Gasteiger partial charge in [-0.05, 0) is 30.3 Å². The van der Waals surface area contributed by atoms with Gasteiger partial charge in [-0.25, -0.2) is 0 Å². The zero-order chi connectivity index (χ0) is 10.7. The predicted octanol–water partition coefficient (Wildman–Crippen LogP) is 3.71. The van der Waals surface area contributed by atoms with Gasteiger partial charge in [0.25, 0.3) is 0 Å². The summed E-state index contributed by atoms with van der Waals surface area (Å²) < 4.78 is 5.58. The highest BCUT2D eigenvalue weighted by Gasteiger charge is 2.00. The Morgan fingerprint density at radius 3 is 2.53 bits per heavy atom. The number of nitrogen functional groups attached to an aromatic ring is 1. The molecule has 0 fully saturated rings. The lowest BCUT2D eigenvalue weighted by atomic mass is 10.3. The molecule has 0 atom stereocenters. The van der Waals surface area contributed by atoms with Crippen LogP contribution in [0.3, 0.4) is 0 Å². The molecule has 0 spiro atoms. The Hall–Kier alpha value is -1.67. The maximum atomic E-state index is 5.84. The normalized spacial score (nSPS) is 9.93. The van der Waals surface area contributed by atoms with Crippen molar-refractivity contribution < 1.29 is 4.74 Å². The number of rotatable bonds is 2. The lowest BCUT2D eigenvalue weighted by molar-refractivity contribution is 0.485. The number of benzene rings is 2. The SMILES string of the molecule is Nc1ccccc1Oc1cccc(Cl)c1. The molecule has 2 nitrogen and oxygen atoms in total. The molecule has 0 heterocycles. The molecule has 2 aromatic carbocycles. The Morgan fingerprint density at radius 2 is 1.80 bits per heavy atom. The minimum Gasteiger partial charge on any atom is -0.455 e. The fourth-order valence-electron chi connectivity index (χ4n) is 1.23. The smallest absolute Gasteiger partial charge is 0.150 e. The number of halogens is 1. The van der Waals surface area contributed by atoms with Gasteiger partial charge >= 0.3 is 0 Å². The van der Waals surface area contributed by atoms with Crippen molar-refractivity contribution in [3.8, 4) is 11.5 Å². The average Bonchev–Trinajstić information content (AvgIpc) is 2.22. The number of anilines is 1.